The molecule has 25 heavy (non-hydrogen) atoms. The summed E-state index contributed by atoms with van der Waals surface area (Å²) < 4.78 is 5.44. The zero-order chi connectivity index (χ0) is 18.0. The van der Waals surface area contributed by atoms with Gasteiger partial charge in [0.15, 0.2) is 0 Å². The largest absolute Gasteiger partial charge is 0.458 e. The molecule has 2 aliphatic rings. The fourth-order valence-corrected chi connectivity index (χ4v) is 3.82. The summed E-state index contributed by atoms with van der Waals surface area (Å²) in [6, 6.07) is 7.82. The molecule has 2 fully saturated rings. The lowest BCUT2D eigenvalue weighted by Crippen LogP contribution is -2.33. The smallest absolute Gasteiger partial charge is 0.308 e. The van der Waals surface area contributed by atoms with E-state index in [-0.39, 0.29) is 48.7 Å². The summed E-state index contributed by atoms with van der Waals surface area (Å²) in [6.45, 7) is 3.95. The summed E-state index contributed by atoms with van der Waals surface area (Å²) in [6.07, 6.45) is 3.29. The minimum atomic E-state index is -0.386. The third-order valence-electron chi connectivity index (χ3n) is 5.33. The number of imide groups is 1. The second kappa shape index (κ2) is 7.38. The van der Waals surface area contributed by atoms with Crippen molar-refractivity contribution >= 4 is 17.8 Å². The molecule has 1 aliphatic heterocycles. The zero-order valence-corrected chi connectivity index (χ0v) is 14.9. The van der Waals surface area contributed by atoms with Crippen molar-refractivity contribution < 1.29 is 19.1 Å². The highest BCUT2D eigenvalue weighted by Crippen LogP contribution is 2.38. The van der Waals surface area contributed by atoms with Crippen molar-refractivity contribution in [2.75, 3.05) is 6.54 Å². The Morgan fingerprint density at radius 2 is 1.68 bits per heavy atom. The summed E-state index contributed by atoms with van der Waals surface area (Å²) in [7, 11) is 0. The lowest BCUT2D eigenvalue weighted by Gasteiger charge is -2.19. The monoisotopic (exact) mass is 343 g/mol. The van der Waals surface area contributed by atoms with Gasteiger partial charge in [0.1, 0.15) is 6.10 Å². The molecule has 0 spiro atoms. The number of ether oxygens (including phenoxy) is 1. The van der Waals surface area contributed by atoms with Crippen molar-refractivity contribution in [1.82, 2.24) is 4.90 Å². The van der Waals surface area contributed by atoms with Gasteiger partial charge in [0.2, 0.25) is 11.8 Å². The van der Waals surface area contributed by atoms with Gasteiger partial charge >= 0.3 is 5.97 Å². The van der Waals surface area contributed by atoms with E-state index in [4.69, 9.17) is 4.74 Å². The number of likely N-dealkylation sites (tertiary alicyclic amines) is 1. The second-order valence-corrected chi connectivity index (χ2v) is 7.12. The maximum absolute atomic E-state index is 12.4. The highest BCUT2D eigenvalue weighted by atomic mass is 16.5. The average molecular weight is 343 g/mol. The molecule has 3 rings (SSSR count). The molecule has 1 aromatic carbocycles. The molecule has 1 heterocycles. The van der Waals surface area contributed by atoms with Crippen molar-refractivity contribution in [1.29, 1.82) is 0 Å². The standard InChI is InChI=1S/C20H25NO4/c1-13-7-9-15(10-8-13)14(2)25-18(22)11-12-21-19(23)16-5-3-4-6-17(16)20(21)24/h7-10,14,16-17H,3-6,11-12H2,1-2H3/t14-,16-,17-/m0/s1. The van der Waals surface area contributed by atoms with E-state index < -0.39 is 0 Å². The Hall–Kier alpha value is -2.17. The molecule has 1 aliphatic carbocycles. The van der Waals surface area contributed by atoms with Gasteiger partial charge in [-0.3, -0.25) is 19.3 Å². The molecular weight excluding hydrogens is 318 g/mol. The SMILES string of the molecule is Cc1ccc([C@H](C)OC(=O)CCN2C(=O)[C@H]3CCCC[C@@H]3C2=O)cc1. The first-order valence-corrected chi connectivity index (χ1v) is 9.08. The Bertz CT molecular complexity index is 643. The first kappa shape index (κ1) is 17.6. The molecular formula is C20H25NO4. The molecule has 0 N–H and O–H groups in total. The van der Waals surface area contributed by atoms with Crippen LogP contribution in [0.4, 0.5) is 0 Å². The zero-order valence-electron chi connectivity index (χ0n) is 14.9. The summed E-state index contributed by atoms with van der Waals surface area (Å²) in [4.78, 5) is 38.2. The van der Waals surface area contributed by atoms with Gasteiger partial charge in [-0.1, -0.05) is 42.7 Å². The lowest BCUT2D eigenvalue weighted by molar-refractivity contribution is -0.149. The van der Waals surface area contributed by atoms with Crippen molar-refractivity contribution in [3.63, 3.8) is 0 Å². The van der Waals surface area contributed by atoms with E-state index in [1.54, 1.807) is 0 Å². The summed E-state index contributed by atoms with van der Waals surface area (Å²) in [5.74, 6) is -0.917. The lowest BCUT2D eigenvalue weighted by atomic mass is 9.81. The molecule has 0 unspecified atom stereocenters. The molecule has 5 nitrogen and oxygen atoms in total. The minimum absolute atomic E-state index is 0.0487. The second-order valence-electron chi connectivity index (χ2n) is 7.12. The first-order valence-electron chi connectivity index (χ1n) is 9.08. The van der Waals surface area contributed by atoms with Crippen molar-refractivity contribution in [2.24, 2.45) is 11.8 Å². The number of fused-ring (bicyclic) bond motifs is 1. The maximum atomic E-state index is 12.4. The minimum Gasteiger partial charge on any atom is -0.458 e. The molecule has 5 heteroatoms. The molecule has 1 saturated heterocycles. The van der Waals surface area contributed by atoms with Gasteiger partial charge in [0.05, 0.1) is 18.3 Å². The van der Waals surface area contributed by atoms with Crippen LogP contribution in [0.1, 0.15) is 56.3 Å². The van der Waals surface area contributed by atoms with Crippen LogP contribution in [0, 0.1) is 18.8 Å². The van der Waals surface area contributed by atoms with E-state index in [2.05, 4.69) is 0 Å². The Morgan fingerprint density at radius 3 is 2.24 bits per heavy atom. The summed E-state index contributed by atoms with van der Waals surface area (Å²) in [5.41, 5.74) is 2.08. The van der Waals surface area contributed by atoms with Crippen LogP contribution < -0.4 is 0 Å². The van der Waals surface area contributed by atoms with Crippen LogP contribution in [0.3, 0.4) is 0 Å². The third-order valence-corrected chi connectivity index (χ3v) is 5.33. The number of nitrogens with zero attached hydrogens (tertiary/aromatic N) is 1. The number of carbonyl (C=O) groups is 3. The Labute approximate surface area is 148 Å². The van der Waals surface area contributed by atoms with Crippen molar-refractivity contribution in [3.05, 3.63) is 35.4 Å². The van der Waals surface area contributed by atoms with E-state index in [9.17, 15) is 14.4 Å². The van der Waals surface area contributed by atoms with Gasteiger partial charge in [-0.25, -0.2) is 0 Å². The van der Waals surface area contributed by atoms with Crippen LogP contribution in [0.2, 0.25) is 0 Å². The highest BCUT2D eigenvalue weighted by Gasteiger charge is 2.47. The fraction of sp³-hybridized carbons (Fsp3) is 0.550. The quantitative estimate of drug-likeness (QED) is 0.608. The molecule has 3 atom stereocenters. The maximum Gasteiger partial charge on any atom is 0.308 e. The van der Waals surface area contributed by atoms with Gasteiger partial charge < -0.3 is 4.74 Å². The summed E-state index contributed by atoms with van der Waals surface area (Å²) >= 11 is 0. The van der Waals surface area contributed by atoms with E-state index in [0.717, 1.165) is 36.8 Å². The molecule has 2 amide bonds. The summed E-state index contributed by atoms with van der Waals surface area (Å²) in [5, 5.41) is 0. The predicted octanol–water partition coefficient (Wildman–Crippen LogP) is 3.16. The highest BCUT2D eigenvalue weighted by molar-refractivity contribution is 6.05. The molecule has 0 radical (unpaired) electrons. The van der Waals surface area contributed by atoms with Gasteiger partial charge in [-0.2, -0.15) is 0 Å². The van der Waals surface area contributed by atoms with Crippen LogP contribution in [0.5, 0.6) is 0 Å². The van der Waals surface area contributed by atoms with Gasteiger partial charge in [-0.05, 0) is 32.3 Å². The van der Waals surface area contributed by atoms with E-state index in [1.165, 1.54) is 4.90 Å². The number of carbonyl (C=O) groups excluding carboxylic acids is 3. The average Bonchev–Trinajstić information content (AvgIpc) is 2.85. The number of esters is 1. The Kier molecular flexibility index (Phi) is 5.21. The fourth-order valence-electron chi connectivity index (χ4n) is 3.82. The van der Waals surface area contributed by atoms with E-state index in [0.29, 0.717) is 0 Å². The number of hydrogen-bond acceptors (Lipinski definition) is 4. The van der Waals surface area contributed by atoms with Crippen molar-refractivity contribution in [2.45, 2.75) is 52.1 Å². The van der Waals surface area contributed by atoms with Gasteiger partial charge in [0, 0.05) is 6.54 Å². The molecule has 1 aromatic rings. The van der Waals surface area contributed by atoms with Crippen LogP contribution in [0.15, 0.2) is 24.3 Å². The van der Waals surface area contributed by atoms with Crippen LogP contribution in [-0.4, -0.2) is 29.2 Å². The molecule has 0 aromatic heterocycles. The number of hydrogen-bond donors (Lipinski definition) is 0. The Balaban J connectivity index is 1.52. The van der Waals surface area contributed by atoms with Gasteiger partial charge in [-0.15, -0.1) is 0 Å². The molecule has 0 bridgehead atoms. The number of amides is 2. The molecule has 1 saturated carbocycles. The van der Waals surface area contributed by atoms with Crippen LogP contribution in [0.25, 0.3) is 0 Å². The number of benzene rings is 1. The normalized spacial score (nSPS) is 24.2. The third kappa shape index (κ3) is 3.75. The van der Waals surface area contributed by atoms with E-state index >= 15 is 0 Å². The Morgan fingerprint density at radius 1 is 1.12 bits per heavy atom. The van der Waals surface area contributed by atoms with Crippen LogP contribution >= 0.6 is 0 Å². The van der Waals surface area contributed by atoms with E-state index in [1.807, 2.05) is 38.1 Å². The molecule has 134 valence electrons. The van der Waals surface area contributed by atoms with Crippen molar-refractivity contribution in [3.8, 4) is 0 Å². The van der Waals surface area contributed by atoms with Crippen LogP contribution in [-0.2, 0) is 19.1 Å². The van der Waals surface area contributed by atoms with Gasteiger partial charge in [0.25, 0.3) is 0 Å². The predicted molar refractivity (Wildman–Crippen MR) is 92.5 cm³/mol. The number of rotatable bonds is 5. The first-order chi connectivity index (χ1) is 12.0. The number of aryl methyl sites for hydroxylation is 1. The topological polar surface area (TPSA) is 63.7 Å².